The van der Waals surface area contributed by atoms with E-state index in [-0.39, 0.29) is 0 Å². The predicted octanol–water partition coefficient (Wildman–Crippen LogP) is 2.61. The maximum atomic E-state index is 8.57. The minimum Gasteiger partial charge on any atom is -0.256 e. The van der Waals surface area contributed by atoms with E-state index in [1.165, 1.54) is 5.56 Å². The lowest BCUT2D eigenvalue weighted by Gasteiger charge is -2.01. The summed E-state index contributed by atoms with van der Waals surface area (Å²) < 4.78 is 0. The first-order valence-electron chi connectivity index (χ1n) is 4.52. The summed E-state index contributed by atoms with van der Waals surface area (Å²) in [5.41, 5.74) is 3.17. The Kier molecular flexibility index (Phi) is 2.16. The van der Waals surface area contributed by atoms with Gasteiger partial charge in [0.2, 0.25) is 0 Å². The first kappa shape index (κ1) is 8.71. The Balaban J connectivity index is 2.63. The molecule has 0 spiro atoms. The van der Waals surface area contributed by atoms with E-state index in [1.807, 2.05) is 31.2 Å². The monoisotopic (exact) mass is 182 g/mol. The molecule has 0 aliphatic heterocycles. The minimum absolute atomic E-state index is 0.427. The lowest BCUT2D eigenvalue weighted by molar-refractivity contribution is 1.22. The summed E-state index contributed by atoms with van der Waals surface area (Å²) in [6, 6.07) is 10.2. The van der Waals surface area contributed by atoms with Crippen LogP contribution in [-0.4, -0.2) is 4.98 Å². The molecule has 2 heteroatoms. The van der Waals surface area contributed by atoms with Crippen molar-refractivity contribution in [3.63, 3.8) is 0 Å². The molecule has 0 aliphatic rings. The molecule has 2 aromatic rings. The second-order valence-electron chi connectivity index (χ2n) is 3.33. The van der Waals surface area contributed by atoms with Gasteiger partial charge in [-0.15, -0.1) is 0 Å². The molecule has 0 atom stereocenters. The van der Waals surface area contributed by atoms with Gasteiger partial charge in [0.15, 0.2) is 0 Å². The van der Waals surface area contributed by atoms with Crippen molar-refractivity contribution in [2.75, 3.05) is 0 Å². The Bertz CT molecular complexity index is 509. The van der Waals surface area contributed by atoms with Gasteiger partial charge in [-0.3, -0.25) is 4.98 Å². The van der Waals surface area contributed by atoms with Crippen molar-refractivity contribution in [2.24, 2.45) is 0 Å². The third-order valence-electron chi connectivity index (χ3n) is 2.25. The lowest BCUT2D eigenvalue weighted by Crippen LogP contribution is -1.87. The van der Waals surface area contributed by atoms with Crippen molar-refractivity contribution in [2.45, 2.75) is 13.3 Å². The molecule has 0 saturated carbocycles. The number of nitrogens with zero attached hydrogens (tertiary/aromatic N) is 2. The molecule has 68 valence electrons. The molecule has 0 aliphatic carbocycles. The third kappa shape index (κ3) is 1.45. The number of aryl methyl sites for hydroxylation is 1. The number of pyridine rings is 1. The maximum Gasteiger partial charge on any atom is 0.0731 e. The topological polar surface area (TPSA) is 36.7 Å². The van der Waals surface area contributed by atoms with E-state index in [4.69, 9.17) is 5.26 Å². The quantitative estimate of drug-likeness (QED) is 0.679. The molecule has 0 N–H and O–H groups in total. The van der Waals surface area contributed by atoms with Crippen LogP contribution in [0.3, 0.4) is 0 Å². The van der Waals surface area contributed by atoms with Crippen molar-refractivity contribution in [1.29, 1.82) is 5.26 Å². The van der Waals surface area contributed by atoms with E-state index in [2.05, 4.69) is 11.1 Å². The normalized spacial score (nSPS) is 10.0. The van der Waals surface area contributed by atoms with E-state index in [1.54, 1.807) is 6.20 Å². The van der Waals surface area contributed by atoms with Crippen LogP contribution >= 0.6 is 0 Å². The van der Waals surface area contributed by atoms with Crippen LogP contribution in [0.15, 0.2) is 30.5 Å². The van der Waals surface area contributed by atoms with Crippen LogP contribution in [0.2, 0.25) is 0 Å². The Morgan fingerprint density at radius 3 is 3.07 bits per heavy atom. The second kappa shape index (κ2) is 3.47. The number of rotatable bonds is 1. The number of hydrogen-bond donors (Lipinski definition) is 0. The molecule has 1 aromatic heterocycles. The summed E-state index contributed by atoms with van der Waals surface area (Å²) in [5, 5.41) is 9.68. The fourth-order valence-corrected chi connectivity index (χ4v) is 1.55. The van der Waals surface area contributed by atoms with Crippen LogP contribution in [0.1, 0.15) is 11.1 Å². The zero-order valence-electron chi connectivity index (χ0n) is 7.99. The Morgan fingerprint density at radius 1 is 1.43 bits per heavy atom. The highest BCUT2D eigenvalue weighted by molar-refractivity contribution is 5.81. The van der Waals surface area contributed by atoms with E-state index in [9.17, 15) is 0 Å². The highest BCUT2D eigenvalue weighted by Crippen LogP contribution is 2.16. The van der Waals surface area contributed by atoms with Crippen LogP contribution in [0.5, 0.6) is 0 Å². The SMILES string of the molecule is Cc1cccc2cc(CC#N)cnc12. The zero-order valence-corrected chi connectivity index (χ0v) is 7.99. The Morgan fingerprint density at radius 2 is 2.29 bits per heavy atom. The summed E-state index contributed by atoms with van der Waals surface area (Å²) in [7, 11) is 0. The number of nitriles is 1. The van der Waals surface area contributed by atoms with Gasteiger partial charge in [0, 0.05) is 11.6 Å². The largest absolute Gasteiger partial charge is 0.256 e. The lowest BCUT2D eigenvalue weighted by atomic mass is 10.1. The van der Waals surface area contributed by atoms with Crippen LogP contribution in [-0.2, 0) is 6.42 Å². The molecule has 0 amide bonds. The number of fused-ring (bicyclic) bond motifs is 1. The van der Waals surface area contributed by atoms with Gasteiger partial charge in [0.1, 0.15) is 0 Å². The molecule has 0 bridgehead atoms. The highest BCUT2D eigenvalue weighted by Gasteiger charge is 1.99. The molecule has 1 heterocycles. The fraction of sp³-hybridized carbons (Fsp3) is 0.167. The summed E-state index contributed by atoms with van der Waals surface area (Å²) in [6.45, 7) is 2.04. The second-order valence-corrected chi connectivity index (χ2v) is 3.33. The molecule has 0 fully saturated rings. The average Bonchev–Trinajstić information content (AvgIpc) is 2.18. The number of benzene rings is 1. The molecule has 1 aromatic carbocycles. The molecule has 0 unspecified atom stereocenters. The average molecular weight is 182 g/mol. The van der Waals surface area contributed by atoms with E-state index >= 15 is 0 Å². The van der Waals surface area contributed by atoms with Gasteiger partial charge in [0.05, 0.1) is 18.0 Å². The van der Waals surface area contributed by atoms with Gasteiger partial charge in [-0.05, 0) is 24.1 Å². The van der Waals surface area contributed by atoms with Crippen LogP contribution in [0.4, 0.5) is 0 Å². The van der Waals surface area contributed by atoms with Gasteiger partial charge in [-0.1, -0.05) is 18.2 Å². The zero-order chi connectivity index (χ0) is 9.97. The van der Waals surface area contributed by atoms with Crippen molar-refractivity contribution < 1.29 is 0 Å². The standard InChI is InChI=1S/C12H10N2/c1-9-3-2-4-11-7-10(5-6-13)8-14-12(9)11/h2-4,7-8H,5H2,1H3. The Labute approximate surface area is 82.8 Å². The van der Waals surface area contributed by atoms with Crippen LogP contribution in [0, 0.1) is 18.3 Å². The van der Waals surface area contributed by atoms with Crippen molar-refractivity contribution in [3.05, 3.63) is 41.6 Å². The predicted molar refractivity (Wildman–Crippen MR) is 55.8 cm³/mol. The first-order chi connectivity index (χ1) is 6.81. The maximum absolute atomic E-state index is 8.57. The van der Waals surface area contributed by atoms with E-state index in [0.29, 0.717) is 6.42 Å². The first-order valence-corrected chi connectivity index (χ1v) is 4.52. The van der Waals surface area contributed by atoms with Crippen molar-refractivity contribution >= 4 is 10.9 Å². The van der Waals surface area contributed by atoms with Gasteiger partial charge >= 0.3 is 0 Å². The van der Waals surface area contributed by atoms with E-state index in [0.717, 1.165) is 16.5 Å². The van der Waals surface area contributed by atoms with Crippen molar-refractivity contribution in [1.82, 2.24) is 4.98 Å². The van der Waals surface area contributed by atoms with Crippen molar-refractivity contribution in [3.8, 4) is 6.07 Å². The summed E-state index contributed by atoms with van der Waals surface area (Å²) >= 11 is 0. The number of para-hydroxylation sites is 1. The fourth-order valence-electron chi connectivity index (χ4n) is 1.55. The molecule has 0 saturated heterocycles. The molecule has 2 rings (SSSR count). The smallest absolute Gasteiger partial charge is 0.0731 e. The number of hydrogen-bond acceptors (Lipinski definition) is 2. The highest BCUT2D eigenvalue weighted by atomic mass is 14.7. The van der Waals surface area contributed by atoms with Gasteiger partial charge in [-0.25, -0.2) is 0 Å². The van der Waals surface area contributed by atoms with E-state index < -0.39 is 0 Å². The third-order valence-corrected chi connectivity index (χ3v) is 2.25. The van der Waals surface area contributed by atoms with Gasteiger partial charge in [-0.2, -0.15) is 5.26 Å². The van der Waals surface area contributed by atoms with Gasteiger partial charge < -0.3 is 0 Å². The minimum atomic E-state index is 0.427. The molecule has 2 nitrogen and oxygen atoms in total. The van der Waals surface area contributed by atoms with Gasteiger partial charge in [0.25, 0.3) is 0 Å². The molecular formula is C12H10N2. The summed E-state index contributed by atoms with van der Waals surface area (Å²) in [6.07, 6.45) is 2.20. The number of aromatic nitrogens is 1. The molecule has 0 radical (unpaired) electrons. The molecular weight excluding hydrogens is 172 g/mol. The van der Waals surface area contributed by atoms with Crippen LogP contribution in [0.25, 0.3) is 10.9 Å². The summed E-state index contributed by atoms with van der Waals surface area (Å²) in [4.78, 5) is 4.35. The Hall–Kier alpha value is -1.88. The molecule has 14 heavy (non-hydrogen) atoms. The van der Waals surface area contributed by atoms with Crippen LogP contribution < -0.4 is 0 Å². The summed E-state index contributed by atoms with van der Waals surface area (Å²) in [5.74, 6) is 0.